The lowest BCUT2D eigenvalue weighted by Crippen LogP contribution is -1.95. The van der Waals surface area contributed by atoms with Gasteiger partial charge >= 0.3 is 0 Å². The highest BCUT2D eigenvalue weighted by Crippen LogP contribution is 2.12. The first-order chi connectivity index (χ1) is 5.34. The molecule has 0 unspecified atom stereocenters. The lowest BCUT2D eigenvalue weighted by Gasteiger charge is -1.93. The number of hydrogen-bond donors (Lipinski definition) is 1. The van der Waals surface area contributed by atoms with Crippen LogP contribution in [0.1, 0.15) is 19.0 Å². The Balaban J connectivity index is 2.62. The molecule has 0 aliphatic carbocycles. The number of allylic oxidation sites excluding steroid dienone is 1. The number of aromatic nitrogens is 1. The Morgan fingerprint density at radius 1 is 1.82 bits per heavy atom. The van der Waals surface area contributed by atoms with E-state index in [1.54, 1.807) is 0 Å². The highest BCUT2D eigenvalue weighted by atomic mass is 32.1. The van der Waals surface area contributed by atoms with Gasteiger partial charge in [-0.05, 0) is 43.1 Å². The Kier molecular flexibility index (Phi) is 3.26. The van der Waals surface area contributed by atoms with E-state index in [1.165, 1.54) is 17.1 Å². The predicted molar refractivity (Wildman–Crippen MR) is 49.4 cm³/mol. The van der Waals surface area contributed by atoms with Crippen molar-refractivity contribution in [3.8, 4) is 0 Å². The van der Waals surface area contributed by atoms with Crippen LogP contribution in [-0.2, 0) is 0 Å². The van der Waals surface area contributed by atoms with Crippen LogP contribution in [0, 0.1) is 0 Å². The standard InChI is InChI=1S/C8H12N2S/c1-7(3-2-5-9)8-4-6-11-10-8/h3-4,6H,2,5,9H2,1H3/b7-3-. The Hall–Kier alpha value is -0.670. The molecule has 0 aliphatic rings. The quantitative estimate of drug-likeness (QED) is 0.748. The van der Waals surface area contributed by atoms with Gasteiger partial charge in [-0.1, -0.05) is 6.08 Å². The predicted octanol–water partition coefficient (Wildman–Crippen LogP) is 1.90. The van der Waals surface area contributed by atoms with Crippen molar-refractivity contribution in [3.63, 3.8) is 0 Å². The normalized spacial score (nSPS) is 12.0. The van der Waals surface area contributed by atoms with E-state index in [0.29, 0.717) is 6.54 Å². The summed E-state index contributed by atoms with van der Waals surface area (Å²) in [6.07, 6.45) is 3.05. The van der Waals surface area contributed by atoms with E-state index in [4.69, 9.17) is 5.73 Å². The zero-order valence-corrected chi connectivity index (χ0v) is 7.40. The summed E-state index contributed by atoms with van der Waals surface area (Å²) >= 11 is 1.48. The van der Waals surface area contributed by atoms with Crippen LogP contribution in [-0.4, -0.2) is 10.9 Å². The summed E-state index contributed by atoms with van der Waals surface area (Å²) in [4.78, 5) is 0. The molecule has 1 rings (SSSR count). The van der Waals surface area contributed by atoms with Gasteiger partial charge in [-0.2, -0.15) is 4.37 Å². The molecular weight excluding hydrogens is 156 g/mol. The maximum Gasteiger partial charge on any atom is 0.0794 e. The van der Waals surface area contributed by atoms with Crippen LogP contribution in [0.15, 0.2) is 17.5 Å². The molecule has 0 spiro atoms. The maximum atomic E-state index is 5.37. The largest absolute Gasteiger partial charge is 0.330 e. The van der Waals surface area contributed by atoms with Crippen molar-refractivity contribution in [1.82, 2.24) is 4.37 Å². The first-order valence-electron chi connectivity index (χ1n) is 3.62. The topological polar surface area (TPSA) is 38.9 Å². The minimum absolute atomic E-state index is 0.710. The van der Waals surface area contributed by atoms with Gasteiger partial charge in [0.15, 0.2) is 0 Å². The highest BCUT2D eigenvalue weighted by molar-refractivity contribution is 7.03. The van der Waals surface area contributed by atoms with Gasteiger partial charge in [0, 0.05) is 5.38 Å². The Bertz CT molecular complexity index is 226. The fraction of sp³-hybridized carbons (Fsp3) is 0.375. The average molecular weight is 168 g/mol. The molecule has 1 heterocycles. The molecule has 2 nitrogen and oxygen atoms in total. The summed E-state index contributed by atoms with van der Waals surface area (Å²) in [5.74, 6) is 0. The van der Waals surface area contributed by atoms with E-state index in [2.05, 4.69) is 17.4 Å². The minimum atomic E-state index is 0.710. The molecule has 0 fully saturated rings. The Morgan fingerprint density at radius 3 is 3.18 bits per heavy atom. The second kappa shape index (κ2) is 4.26. The summed E-state index contributed by atoms with van der Waals surface area (Å²) < 4.78 is 4.20. The summed E-state index contributed by atoms with van der Waals surface area (Å²) in [6.45, 7) is 2.77. The van der Waals surface area contributed by atoms with E-state index in [9.17, 15) is 0 Å². The summed E-state index contributed by atoms with van der Waals surface area (Å²) in [7, 11) is 0. The molecular formula is C8H12N2S. The van der Waals surface area contributed by atoms with E-state index < -0.39 is 0 Å². The van der Waals surface area contributed by atoms with Crippen LogP contribution < -0.4 is 5.73 Å². The van der Waals surface area contributed by atoms with Crippen LogP contribution in [0.3, 0.4) is 0 Å². The van der Waals surface area contributed by atoms with E-state index in [-0.39, 0.29) is 0 Å². The second-order valence-electron chi connectivity index (χ2n) is 2.35. The molecule has 0 atom stereocenters. The fourth-order valence-corrected chi connectivity index (χ4v) is 1.39. The SMILES string of the molecule is C/C(=C/CCN)c1ccsn1. The lowest BCUT2D eigenvalue weighted by atomic mass is 10.2. The van der Waals surface area contributed by atoms with Gasteiger partial charge in [0.25, 0.3) is 0 Å². The smallest absolute Gasteiger partial charge is 0.0794 e. The zero-order chi connectivity index (χ0) is 8.10. The van der Waals surface area contributed by atoms with Gasteiger partial charge in [0.05, 0.1) is 5.69 Å². The number of hydrogen-bond acceptors (Lipinski definition) is 3. The van der Waals surface area contributed by atoms with Crippen molar-refractivity contribution in [2.45, 2.75) is 13.3 Å². The maximum absolute atomic E-state index is 5.37. The lowest BCUT2D eigenvalue weighted by molar-refractivity contribution is 1.01. The van der Waals surface area contributed by atoms with Crippen LogP contribution >= 0.6 is 11.5 Å². The van der Waals surface area contributed by atoms with E-state index in [0.717, 1.165) is 12.1 Å². The van der Waals surface area contributed by atoms with E-state index in [1.807, 2.05) is 11.4 Å². The van der Waals surface area contributed by atoms with Crippen molar-refractivity contribution in [2.24, 2.45) is 5.73 Å². The second-order valence-corrected chi connectivity index (χ2v) is 3.01. The fourth-order valence-electron chi connectivity index (χ4n) is 0.820. The monoisotopic (exact) mass is 168 g/mol. The third-order valence-corrected chi connectivity index (χ3v) is 2.02. The molecule has 2 N–H and O–H groups in total. The molecule has 0 aliphatic heterocycles. The van der Waals surface area contributed by atoms with Crippen LogP contribution in [0.2, 0.25) is 0 Å². The van der Waals surface area contributed by atoms with Crippen molar-refractivity contribution in [1.29, 1.82) is 0 Å². The first-order valence-corrected chi connectivity index (χ1v) is 4.46. The zero-order valence-electron chi connectivity index (χ0n) is 6.58. The highest BCUT2D eigenvalue weighted by Gasteiger charge is 1.94. The third-order valence-electron chi connectivity index (χ3n) is 1.46. The van der Waals surface area contributed by atoms with Crippen LogP contribution in [0.5, 0.6) is 0 Å². The van der Waals surface area contributed by atoms with Gasteiger partial charge in [0.2, 0.25) is 0 Å². The average Bonchev–Trinajstić information content (AvgIpc) is 2.52. The molecule has 60 valence electrons. The molecule has 0 amide bonds. The van der Waals surface area contributed by atoms with E-state index >= 15 is 0 Å². The summed E-state index contributed by atoms with van der Waals surface area (Å²) in [5, 5.41) is 1.98. The Morgan fingerprint density at radius 2 is 2.64 bits per heavy atom. The molecule has 0 saturated heterocycles. The summed E-state index contributed by atoms with van der Waals surface area (Å²) in [5.41, 5.74) is 7.66. The van der Waals surface area contributed by atoms with Gasteiger partial charge in [-0.3, -0.25) is 0 Å². The molecule has 0 aromatic carbocycles. The molecule has 1 aromatic rings. The Labute approximate surface area is 70.9 Å². The number of nitrogens with two attached hydrogens (primary N) is 1. The molecule has 11 heavy (non-hydrogen) atoms. The van der Waals surface area contributed by atoms with Crippen molar-refractivity contribution in [3.05, 3.63) is 23.2 Å². The van der Waals surface area contributed by atoms with Crippen LogP contribution in [0.25, 0.3) is 5.57 Å². The van der Waals surface area contributed by atoms with Gasteiger partial charge in [0.1, 0.15) is 0 Å². The minimum Gasteiger partial charge on any atom is -0.330 e. The number of rotatable bonds is 3. The van der Waals surface area contributed by atoms with Gasteiger partial charge in [-0.25, -0.2) is 0 Å². The first kappa shape index (κ1) is 8.43. The van der Waals surface area contributed by atoms with Crippen molar-refractivity contribution < 1.29 is 0 Å². The molecule has 1 aromatic heterocycles. The number of nitrogens with zero attached hydrogens (tertiary/aromatic N) is 1. The molecule has 0 radical (unpaired) electrons. The van der Waals surface area contributed by atoms with Crippen molar-refractivity contribution in [2.75, 3.05) is 6.54 Å². The molecule has 3 heteroatoms. The van der Waals surface area contributed by atoms with Gasteiger partial charge < -0.3 is 5.73 Å². The van der Waals surface area contributed by atoms with Crippen LogP contribution in [0.4, 0.5) is 0 Å². The summed E-state index contributed by atoms with van der Waals surface area (Å²) in [6, 6.07) is 2.02. The van der Waals surface area contributed by atoms with Crippen molar-refractivity contribution >= 4 is 17.1 Å². The van der Waals surface area contributed by atoms with Gasteiger partial charge in [-0.15, -0.1) is 0 Å². The third kappa shape index (κ3) is 2.44. The molecule has 0 saturated carbocycles. The molecule has 0 bridgehead atoms.